The molecule has 2 atom stereocenters. The van der Waals surface area contributed by atoms with Crippen LogP contribution in [0.2, 0.25) is 0 Å². The van der Waals surface area contributed by atoms with Crippen LogP contribution in [0.5, 0.6) is 11.5 Å². The van der Waals surface area contributed by atoms with E-state index in [-0.39, 0.29) is 18.0 Å². The molecule has 0 spiro atoms. The Balaban J connectivity index is 1.72. The van der Waals surface area contributed by atoms with Crippen molar-refractivity contribution in [2.24, 2.45) is 0 Å². The summed E-state index contributed by atoms with van der Waals surface area (Å²) in [6, 6.07) is 22.3. The fourth-order valence-electron chi connectivity index (χ4n) is 4.85. The Morgan fingerprint density at radius 1 is 1.03 bits per heavy atom. The maximum atomic E-state index is 13.1. The zero-order valence-corrected chi connectivity index (χ0v) is 20.5. The highest BCUT2D eigenvalue weighted by Crippen LogP contribution is 2.40. The minimum absolute atomic E-state index is 0.0162. The van der Waals surface area contributed by atoms with Crippen LogP contribution in [0.1, 0.15) is 52.0 Å². The summed E-state index contributed by atoms with van der Waals surface area (Å²) in [4.78, 5) is 15.6. The lowest BCUT2D eigenvalue weighted by molar-refractivity contribution is 0.0859. The van der Waals surface area contributed by atoms with E-state index in [4.69, 9.17) is 9.47 Å². The van der Waals surface area contributed by atoms with Gasteiger partial charge >= 0.3 is 0 Å². The van der Waals surface area contributed by atoms with Crippen molar-refractivity contribution in [1.29, 1.82) is 0 Å². The minimum atomic E-state index is -0.0599. The summed E-state index contributed by atoms with van der Waals surface area (Å²) in [5.74, 6) is 1.41. The highest BCUT2D eigenvalue weighted by atomic mass is 16.5. The van der Waals surface area contributed by atoms with Crippen molar-refractivity contribution in [3.05, 3.63) is 94.5 Å². The van der Waals surface area contributed by atoms with Crippen LogP contribution in [0.25, 0.3) is 0 Å². The molecule has 0 saturated heterocycles. The molecule has 1 amide bonds. The van der Waals surface area contributed by atoms with E-state index in [0.717, 1.165) is 31.7 Å². The average Bonchev–Trinajstić information content (AvgIpc) is 2.88. The van der Waals surface area contributed by atoms with Gasteiger partial charge < -0.3 is 14.8 Å². The summed E-state index contributed by atoms with van der Waals surface area (Å²) in [5, 5.41) is 3.33. The largest absolute Gasteiger partial charge is 0.493 e. The molecule has 1 aliphatic rings. The third kappa shape index (κ3) is 5.10. The smallest absolute Gasteiger partial charge is 0.251 e. The number of amides is 1. The molecule has 0 aromatic heterocycles. The van der Waals surface area contributed by atoms with Gasteiger partial charge in [-0.05, 0) is 60.7 Å². The molecule has 0 fully saturated rings. The second kappa shape index (κ2) is 10.7. The lowest BCUT2D eigenvalue weighted by atomic mass is 9.86. The van der Waals surface area contributed by atoms with Gasteiger partial charge in [0.15, 0.2) is 11.5 Å². The molecular weight excluding hydrogens is 424 g/mol. The molecule has 0 radical (unpaired) electrons. The summed E-state index contributed by atoms with van der Waals surface area (Å²) in [5.41, 5.74) is 5.63. The van der Waals surface area contributed by atoms with E-state index in [2.05, 4.69) is 60.5 Å². The molecule has 178 valence electrons. The third-order valence-electron chi connectivity index (χ3n) is 6.71. The molecule has 0 bridgehead atoms. The van der Waals surface area contributed by atoms with Gasteiger partial charge in [-0.15, -0.1) is 0 Å². The first kappa shape index (κ1) is 23.8. The Hall–Kier alpha value is -3.31. The van der Waals surface area contributed by atoms with Crippen molar-refractivity contribution in [3.63, 3.8) is 0 Å². The Labute approximate surface area is 202 Å². The summed E-state index contributed by atoms with van der Waals surface area (Å²) >= 11 is 0. The first-order valence-electron chi connectivity index (χ1n) is 11.9. The van der Waals surface area contributed by atoms with Gasteiger partial charge in [-0.25, -0.2) is 0 Å². The number of methoxy groups -OCH3 is 2. The number of nitrogens with zero attached hydrogens (tertiary/aromatic N) is 1. The summed E-state index contributed by atoms with van der Waals surface area (Å²) in [6.07, 6.45) is 1.72. The van der Waals surface area contributed by atoms with Crippen LogP contribution in [0, 0.1) is 6.92 Å². The zero-order valence-electron chi connectivity index (χ0n) is 20.5. The van der Waals surface area contributed by atoms with E-state index in [1.165, 1.54) is 22.3 Å². The van der Waals surface area contributed by atoms with E-state index in [1.54, 1.807) is 14.2 Å². The monoisotopic (exact) mass is 458 g/mol. The standard InChI is InChI=1S/C29H34N2O3/c1-5-25(30-29(32)22-9-7-6-8-10-22)28-24-18-27(34-4)26(33-3)17-23(24)15-16-31(28)19-21-13-11-20(2)12-14-21/h6-14,17-18,25,28H,5,15-16,19H2,1-4H3,(H,30,32). The number of carbonyl (C=O) groups excluding carboxylic acids is 1. The number of ether oxygens (including phenoxy) is 2. The molecular formula is C29H34N2O3. The molecule has 34 heavy (non-hydrogen) atoms. The first-order valence-corrected chi connectivity index (χ1v) is 11.9. The fraction of sp³-hybridized carbons (Fsp3) is 0.345. The lowest BCUT2D eigenvalue weighted by Crippen LogP contribution is -2.48. The van der Waals surface area contributed by atoms with Gasteiger partial charge in [0.1, 0.15) is 0 Å². The maximum absolute atomic E-state index is 13.1. The van der Waals surface area contributed by atoms with Crippen molar-refractivity contribution >= 4 is 5.91 Å². The quantitative estimate of drug-likeness (QED) is 0.496. The van der Waals surface area contributed by atoms with E-state index in [9.17, 15) is 4.79 Å². The van der Waals surface area contributed by atoms with Crippen LogP contribution in [-0.2, 0) is 13.0 Å². The summed E-state index contributed by atoms with van der Waals surface area (Å²) in [7, 11) is 3.34. The van der Waals surface area contributed by atoms with Crippen LogP contribution < -0.4 is 14.8 Å². The molecule has 5 nitrogen and oxygen atoms in total. The molecule has 1 heterocycles. The number of aryl methyl sites for hydroxylation is 1. The Kier molecular flexibility index (Phi) is 7.53. The van der Waals surface area contributed by atoms with Crippen molar-refractivity contribution in [2.45, 2.75) is 45.3 Å². The maximum Gasteiger partial charge on any atom is 0.251 e. The average molecular weight is 459 g/mol. The SMILES string of the molecule is CCC(NC(=O)c1ccccc1)C1c2cc(OC)c(OC)cc2CCN1Cc1ccc(C)cc1. The highest BCUT2D eigenvalue weighted by molar-refractivity contribution is 5.94. The van der Waals surface area contributed by atoms with Crippen molar-refractivity contribution in [1.82, 2.24) is 10.2 Å². The van der Waals surface area contributed by atoms with E-state index in [1.807, 2.05) is 30.3 Å². The Morgan fingerprint density at radius 2 is 1.71 bits per heavy atom. The van der Waals surface area contributed by atoms with Crippen LogP contribution in [0.15, 0.2) is 66.7 Å². The lowest BCUT2D eigenvalue weighted by Gasteiger charge is -2.42. The number of hydrogen-bond acceptors (Lipinski definition) is 4. The predicted molar refractivity (Wildman–Crippen MR) is 136 cm³/mol. The van der Waals surface area contributed by atoms with Crippen LogP contribution >= 0.6 is 0 Å². The number of nitrogens with one attached hydrogen (secondary N) is 1. The molecule has 4 rings (SSSR count). The predicted octanol–water partition coefficient (Wildman–Crippen LogP) is 5.32. The summed E-state index contributed by atoms with van der Waals surface area (Å²) < 4.78 is 11.2. The number of fused-ring (bicyclic) bond motifs is 1. The third-order valence-corrected chi connectivity index (χ3v) is 6.71. The fourth-order valence-corrected chi connectivity index (χ4v) is 4.85. The zero-order chi connectivity index (χ0) is 24.1. The number of rotatable bonds is 8. The molecule has 1 N–H and O–H groups in total. The van der Waals surface area contributed by atoms with Crippen LogP contribution in [-0.4, -0.2) is 37.6 Å². The van der Waals surface area contributed by atoms with Crippen LogP contribution in [0.3, 0.4) is 0 Å². The highest BCUT2D eigenvalue weighted by Gasteiger charge is 2.35. The van der Waals surface area contributed by atoms with Crippen molar-refractivity contribution in [3.8, 4) is 11.5 Å². The first-order chi connectivity index (χ1) is 16.5. The molecule has 5 heteroatoms. The number of carbonyl (C=O) groups is 1. The summed E-state index contributed by atoms with van der Waals surface area (Å²) in [6.45, 7) is 5.96. The van der Waals surface area contributed by atoms with Gasteiger partial charge in [-0.1, -0.05) is 55.0 Å². The van der Waals surface area contributed by atoms with Gasteiger partial charge in [0.25, 0.3) is 5.91 Å². The van der Waals surface area contributed by atoms with E-state index < -0.39 is 0 Å². The molecule has 0 saturated carbocycles. The molecule has 2 unspecified atom stereocenters. The van der Waals surface area contributed by atoms with Crippen molar-refractivity contribution in [2.75, 3.05) is 20.8 Å². The van der Waals surface area contributed by atoms with Crippen LogP contribution in [0.4, 0.5) is 0 Å². The number of hydrogen-bond donors (Lipinski definition) is 1. The molecule has 0 aliphatic carbocycles. The van der Waals surface area contributed by atoms with Gasteiger partial charge in [0, 0.05) is 24.7 Å². The number of benzene rings is 3. The van der Waals surface area contributed by atoms with E-state index >= 15 is 0 Å². The van der Waals surface area contributed by atoms with Gasteiger partial charge in [0.05, 0.1) is 20.3 Å². The molecule has 3 aromatic rings. The second-order valence-corrected chi connectivity index (χ2v) is 8.91. The van der Waals surface area contributed by atoms with Crippen molar-refractivity contribution < 1.29 is 14.3 Å². The topological polar surface area (TPSA) is 50.8 Å². The Morgan fingerprint density at radius 3 is 2.35 bits per heavy atom. The second-order valence-electron chi connectivity index (χ2n) is 8.91. The van der Waals surface area contributed by atoms with Gasteiger partial charge in [0.2, 0.25) is 0 Å². The van der Waals surface area contributed by atoms with Gasteiger partial charge in [-0.2, -0.15) is 0 Å². The minimum Gasteiger partial charge on any atom is -0.493 e. The normalized spacial score (nSPS) is 16.4. The molecule has 1 aliphatic heterocycles. The Bertz CT molecular complexity index is 1110. The molecule has 3 aromatic carbocycles. The van der Waals surface area contributed by atoms with E-state index in [0.29, 0.717) is 11.3 Å². The van der Waals surface area contributed by atoms with Gasteiger partial charge in [-0.3, -0.25) is 9.69 Å².